The molecule has 0 aliphatic carbocycles. The van der Waals surface area contributed by atoms with Gasteiger partial charge in [-0.05, 0) is 43.1 Å². The predicted octanol–water partition coefficient (Wildman–Crippen LogP) is 4.37. The molecule has 5 nitrogen and oxygen atoms in total. The van der Waals surface area contributed by atoms with E-state index in [1.54, 1.807) is 18.2 Å². The Bertz CT molecular complexity index is 668. The highest BCUT2D eigenvalue weighted by Gasteiger charge is 2.11. The van der Waals surface area contributed by atoms with Gasteiger partial charge >= 0.3 is 0 Å². The Morgan fingerprint density at radius 2 is 2.10 bits per heavy atom. The van der Waals surface area contributed by atoms with Gasteiger partial charge in [-0.3, -0.25) is 4.79 Å². The number of hydrogen-bond donors (Lipinski definition) is 1. The van der Waals surface area contributed by atoms with Crippen molar-refractivity contribution in [2.75, 3.05) is 18.6 Å². The Balaban J connectivity index is 2.38. The molecule has 0 amide bonds. The fourth-order valence-corrected chi connectivity index (χ4v) is 2.36. The van der Waals surface area contributed by atoms with Crippen LogP contribution in [0.1, 0.15) is 10.4 Å². The number of benzene rings is 1. The van der Waals surface area contributed by atoms with Crippen molar-refractivity contribution in [2.24, 2.45) is 0 Å². The van der Waals surface area contributed by atoms with Gasteiger partial charge in [-0.25, -0.2) is 4.98 Å². The molecular formula is C13H12Cl2N3O2P. The summed E-state index contributed by atoms with van der Waals surface area (Å²) in [5.41, 5.74) is 1.17. The summed E-state index contributed by atoms with van der Waals surface area (Å²) in [6.45, 7) is 3.92. The van der Waals surface area contributed by atoms with Gasteiger partial charge in [0.05, 0.1) is 20.0 Å². The Morgan fingerprint density at radius 1 is 1.33 bits per heavy atom. The van der Waals surface area contributed by atoms with Crippen LogP contribution in [0.3, 0.4) is 0 Å². The van der Waals surface area contributed by atoms with E-state index < -0.39 is 8.15 Å². The van der Waals surface area contributed by atoms with E-state index in [0.717, 1.165) is 6.29 Å². The second kappa shape index (κ2) is 7.03. The highest BCUT2D eigenvalue weighted by atomic mass is 35.5. The number of carbonyl (C=O) groups excluding carboxylic acids is 1. The van der Waals surface area contributed by atoms with Crippen LogP contribution in [0, 0.1) is 0 Å². The smallest absolute Gasteiger partial charge is 0.224 e. The lowest BCUT2D eigenvalue weighted by atomic mass is 10.2. The van der Waals surface area contributed by atoms with Gasteiger partial charge in [0.2, 0.25) is 5.28 Å². The topological polar surface area (TPSA) is 64.1 Å². The maximum absolute atomic E-state index is 10.9. The number of carbonyl (C=O) groups is 1. The summed E-state index contributed by atoms with van der Waals surface area (Å²) >= 11 is 11.8. The van der Waals surface area contributed by atoms with Gasteiger partial charge in [0.1, 0.15) is 17.1 Å². The number of aromatic nitrogens is 2. The first-order chi connectivity index (χ1) is 9.99. The molecule has 0 bridgehead atoms. The zero-order chi connectivity index (χ0) is 15.4. The zero-order valence-electron chi connectivity index (χ0n) is 11.3. The standard InChI is InChI=1S/C13H12Cl2N3O2P/c1-21(2)20-11-5-8(7-19)3-4-10(11)17-12-9(14)6-16-13(15)18-12/h3-7H,1-2H3,(H,16,17,18). The highest BCUT2D eigenvalue weighted by molar-refractivity contribution is 7.51. The molecule has 0 radical (unpaired) electrons. The van der Waals surface area contributed by atoms with Crippen LogP contribution < -0.4 is 9.84 Å². The predicted molar refractivity (Wildman–Crippen MR) is 86.6 cm³/mol. The summed E-state index contributed by atoms with van der Waals surface area (Å²) in [6, 6.07) is 5.06. The molecule has 1 aromatic carbocycles. The maximum Gasteiger partial charge on any atom is 0.224 e. The van der Waals surface area contributed by atoms with E-state index in [1.165, 1.54) is 6.20 Å². The Kier molecular flexibility index (Phi) is 5.34. The van der Waals surface area contributed by atoms with Crippen LogP contribution in [0.2, 0.25) is 10.3 Å². The SMILES string of the molecule is CP(C)Oc1cc(C=O)ccc1Nc1nc(Cl)ncc1Cl. The Hall–Kier alpha value is -1.42. The normalized spacial score (nSPS) is 10.5. The van der Waals surface area contributed by atoms with E-state index in [9.17, 15) is 4.79 Å². The third-order valence-electron chi connectivity index (χ3n) is 2.39. The first kappa shape index (κ1) is 16.0. The zero-order valence-corrected chi connectivity index (χ0v) is 13.7. The molecule has 2 aromatic rings. The average Bonchev–Trinajstić information content (AvgIpc) is 2.44. The third-order valence-corrected chi connectivity index (χ3v) is 3.41. The molecule has 1 heterocycles. The first-order valence-corrected chi connectivity index (χ1v) is 8.80. The lowest BCUT2D eigenvalue weighted by Gasteiger charge is -2.15. The van der Waals surface area contributed by atoms with E-state index in [4.69, 9.17) is 27.7 Å². The minimum atomic E-state index is -0.647. The van der Waals surface area contributed by atoms with Crippen LogP contribution in [0.25, 0.3) is 0 Å². The summed E-state index contributed by atoms with van der Waals surface area (Å²) in [5, 5.41) is 3.46. The van der Waals surface area contributed by atoms with Crippen molar-refractivity contribution in [3.63, 3.8) is 0 Å². The molecule has 0 spiro atoms. The van der Waals surface area contributed by atoms with Crippen LogP contribution in [-0.2, 0) is 0 Å². The van der Waals surface area contributed by atoms with Gasteiger partial charge in [-0.15, -0.1) is 0 Å². The summed E-state index contributed by atoms with van der Waals surface area (Å²) in [7, 11) is -0.647. The van der Waals surface area contributed by atoms with E-state index in [0.29, 0.717) is 27.8 Å². The summed E-state index contributed by atoms with van der Waals surface area (Å²) in [5.74, 6) is 0.929. The lowest BCUT2D eigenvalue weighted by Crippen LogP contribution is -1.99. The van der Waals surface area contributed by atoms with Crippen LogP contribution >= 0.6 is 31.4 Å². The van der Waals surface area contributed by atoms with E-state index in [1.807, 2.05) is 13.3 Å². The van der Waals surface area contributed by atoms with Gasteiger partial charge in [0, 0.05) is 5.56 Å². The second-order valence-electron chi connectivity index (χ2n) is 4.24. The third kappa shape index (κ3) is 4.27. The average molecular weight is 344 g/mol. The van der Waals surface area contributed by atoms with Crippen molar-refractivity contribution in [1.82, 2.24) is 9.97 Å². The molecule has 0 aliphatic rings. The number of rotatable bonds is 5. The molecule has 0 unspecified atom stereocenters. The number of aldehydes is 1. The molecule has 1 N–H and O–H groups in total. The summed E-state index contributed by atoms with van der Waals surface area (Å²) in [4.78, 5) is 18.7. The Labute approximate surface area is 133 Å². The van der Waals surface area contributed by atoms with Crippen molar-refractivity contribution >= 4 is 49.1 Å². The highest BCUT2D eigenvalue weighted by Crippen LogP contribution is 2.37. The molecule has 1 aromatic heterocycles. The van der Waals surface area contributed by atoms with E-state index in [-0.39, 0.29) is 5.28 Å². The fraction of sp³-hybridized carbons (Fsp3) is 0.154. The summed E-state index contributed by atoms with van der Waals surface area (Å²) < 4.78 is 5.75. The Morgan fingerprint density at radius 3 is 2.76 bits per heavy atom. The van der Waals surface area contributed by atoms with Gasteiger partial charge in [0.15, 0.2) is 5.82 Å². The van der Waals surface area contributed by atoms with Crippen LogP contribution in [0.4, 0.5) is 11.5 Å². The molecule has 0 aliphatic heterocycles. The lowest BCUT2D eigenvalue weighted by molar-refractivity contribution is 0.112. The number of halogens is 2. The molecular weight excluding hydrogens is 332 g/mol. The molecule has 0 saturated heterocycles. The fourth-order valence-electron chi connectivity index (χ4n) is 1.55. The first-order valence-electron chi connectivity index (χ1n) is 5.89. The monoisotopic (exact) mass is 343 g/mol. The number of nitrogens with one attached hydrogen (secondary N) is 1. The van der Waals surface area contributed by atoms with Crippen molar-refractivity contribution in [1.29, 1.82) is 0 Å². The van der Waals surface area contributed by atoms with Crippen LogP contribution in [-0.4, -0.2) is 29.6 Å². The van der Waals surface area contributed by atoms with Crippen molar-refractivity contribution in [3.05, 3.63) is 40.3 Å². The molecule has 110 valence electrons. The molecule has 0 atom stereocenters. The van der Waals surface area contributed by atoms with Crippen molar-refractivity contribution in [3.8, 4) is 5.75 Å². The molecule has 8 heteroatoms. The molecule has 0 fully saturated rings. The molecule has 0 saturated carbocycles. The molecule has 21 heavy (non-hydrogen) atoms. The van der Waals surface area contributed by atoms with Gasteiger partial charge in [-0.2, -0.15) is 4.98 Å². The van der Waals surface area contributed by atoms with Crippen LogP contribution in [0.15, 0.2) is 24.4 Å². The largest absolute Gasteiger partial charge is 0.472 e. The van der Waals surface area contributed by atoms with Gasteiger partial charge in [-0.1, -0.05) is 11.6 Å². The number of hydrogen-bond acceptors (Lipinski definition) is 5. The van der Waals surface area contributed by atoms with E-state index in [2.05, 4.69) is 15.3 Å². The number of anilines is 2. The van der Waals surface area contributed by atoms with Crippen molar-refractivity contribution < 1.29 is 9.32 Å². The van der Waals surface area contributed by atoms with Gasteiger partial charge < -0.3 is 9.84 Å². The quantitative estimate of drug-likeness (QED) is 0.496. The molecule has 2 rings (SSSR count). The maximum atomic E-state index is 10.9. The van der Waals surface area contributed by atoms with Crippen molar-refractivity contribution in [2.45, 2.75) is 0 Å². The summed E-state index contributed by atoms with van der Waals surface area (Å²) in [6.07, 6.45) is 2.17. The number of nitrogens with zero attached hydrogens (tertiary/aromatic N) is 2. The second-order valence-corrected chi connectivity index (χ2v) is 6.79. The van der Waals surface area contributed by atoms with E-state index >= 15 is 0 Å². The minimum absolute atomic E-state index is 0.0853. The van der Waals surface area contributed by atoms with Gasteiger partial charge in [0.25, 0.3) is 0 Å². The van der Waals surface area contributed by atoms with Crippen LogP contribution in [0.5, 0.6) is 5.75 Å². The minimum Gasteiger partial charge on any atom is -0.472 e.